The normalized spacial score (nSPS) is 20.3. The average molecular weight is 671 g/mol. The summed E-state index contributed by atoms with van der Waals surface area (Å²) in [5, 5.41) is 2.35. The fourth-order valence-corrected chi connectivity index (χ4v) is 8.55. The van der Waals surface area contributed by atoms with Crippen molar-refractivity contribution in [2.45, 2.75) is 64.6 Å². The Hall–Kier alpha value is -5.38. The standard InChI is InChI=1S/C40H42N6O4/c1-23-31(43-21-41-23)17-25-15-29-27-9-5-7-11-33(27)45(3)39(29)35(19-25)49-37(47)13-14-38(48)50-36-20-26(18-32-24(2)42-22-44-32)16-30-28-10-6-8-12-34(28)46(4)40(30)36/h5-14,21-22,25-26,35-36H,15-20H2,1-4H3,(H,41,43)(H,42,44)/b14-13-. The lowest BCUT2D eigenvalue weighted by molar-refractivity contribution is -0.147. The van der Waals surface area contributed by atoms with E-state index in [1.54, 1.807) is 12.7 Å². The molecule has 0 saturated heterocycles. The largest absolute Gasteiger partial charge is 0.453 e. The molecule has 10 heteroatoms. The van der Waals surface area contributed by atoms with Crippen molar-refractivity contribution >= 4 is 33.7 Å². The SMILES string of the molecule is Cc1[nH]cnc1CC1Cc2c(n(C)c3ccccc23)C(OC(=O)/C=C\C(=O)OC2CC(Cc3nc[nH]c3C)Cc3c2n(C)c2ccccc32)C1. The molecule has 4 atom stereocenters. The number of rotatable bonds is 8. The number of H-pyrrole nitrogens is 2. The Balaban J connectivity index is 1.02. The van der Waals surface area contributed by atoms with Crippen LogP contribution >= 0.6 is 0 Å². The second-order valence-corrected chi connectivity index (χ2v) is 14.0. The molecular weight excluding hydrogens is 628 g/mol. The highest BCUT2D eigenvalue weighted by atomic mass is 16.5. The summed E-state index contributed by atoms with van der Waals surface area (Å²) in [6, 6.07) is 16.6. The van der Waals surface area contributed by atoms with Gasteiger partial charge in [-0.1, -0.05) is 36.4 Å². The van der Waals surface area contributed by atoms with Gasteiger partial charge in [0.25, 0.3) is 0 Å². The maximum atomic E-state index is 13.4. The first kappa shape index (κ1) is 31.9. The van der Waals surface area contributed by atoms with Crippen LogP contribution in [-0.4, -0.2) is 41.0 Å². The molecule has 256 valence electrons. The Morgan fingerprint density at radius 2 is 1.14 bits per heavy atom. The van der Waals surface area contributed by atoms with Gasteiger partial charge in [-0.05, 0) is 87.5 Å². The molecule has 0 spiro atoms. The fourth-order valence-electron chi connectivity index (χ4n) is 8.55. The Labute approximate surface area is 290 Å². The van der Waals surface area contributed by atoms with Crippen LogP contribution in [0.3, 0.4) is 0 Å². The van der Waals surface area contributed by atoms with Gasteiger partial charge in [0.05, 0.1) is 35.4 Å². The highest BCUT2D eigenvalue weighted by molar-refractivity contribution is 5.92. The molecular formula is C40H42N6O4. The van der Waals surface area contributed by atoms with Crippen molar-refractivity contribution in [3.63, 3.8) is 0 Å². The van der Waals surface area contributed by atoms with E-state index < -0.39 is 24.1 Å². The van der Waals surface area contributed by atoms with E-state index in [-0.39, 0.29) is 11.8 Å². The molecule has 2 aliphatic rings. The second-order valence-electron chi connectivity index (χ2n) is 14.0. The van der Waals surface area contributed by atoms with Crippen molar-refractivity contribution in [2.24, 2.45) is 25.9 Å². The summed E-state index contributed by atoms with van der Waals surface area (Å²) >= 11 is 0. The molecule has 0 fully saturated rings. The molecule has 2 aromatic carbocycles. The highest BCUT2D eigenvalue weighted by Gasteiger charge is 2.36. The molecule has 50 heavy (non-hydrogen) atoms. The van der Waals surface area contributed by atoms with Crippen LogP contribution in [0.25, 0.3) is 21.8 Å². The monoisotopic (exact) mass is 670 g/mol. The van der Waals surface area contributed by atoms with Crippen LogP contribution in [-0.2, 0) is 58.8 Å². The number of hydrogen-bond acceptors (Lipinski definition) is 6. The smallest absolute Gasteiger partial charge is 0.331 e. The number of fused-ring (bicyclic) bond motifs is 6. The summed E-state index contributed by atoms with van der Waals surface area (Å²) in [5.41, 5.74) is 10.8. The van der Waals surface area contributed by atoms with Crippen molar-refractivity contribution in [1.29, 1.82) is 0 Å². The predicted molar refractivity (Wildman–Crippen MR) is 190 cm³/mol. The van der Waals surface area contributed by atoms with Crippen LogP contribution in [0, 0.1) is 25.7 Å². The van der Waals surface area contributed by atoms with Crippen LogP contribution in [0.5, 0.6) is 0 Å². The second kappa shape index (κ2) is 12.8. The van der Waals surface area contributed by atoms with Gasteiger partial charge in [-0.3, -0.25) is 0 Å². The minimum atomic E-state index is -0.569. The topological polar surface area (TPSA) is 120 Å². The first-order valence-corrected chi connectivity index (χ1v) is 17.4. The van der Waals surface area contributed by atoms with Gasteiger partial charge in [0.1, 0.15) is 12.2 Å². The van der Waals surface area contributed by atoms with Crippen LogP contribution in [0.4, 0.5) is 0 Å². The fraction of sp³-hybridized carbons (Fsp3) is 0.350. The summed E-state index contributed by atoms with van der Waals surface area (Å²) in [4.78, 5) is 42.2. The zero-order valence-electron chi connectivity index (χ0n) is 28.9. The lowest BCUT2D eigenvalue weighted by Gasteiger charge is -2.30. The minimum absolute atomic E-state index is 0.238. The maximum absolute atomic E-state index is 13.4. The number of nitrogens with zero attached hydrogens (tertiary/aromatic N) is 4. The maximum Gasteiger partial charge on any atom is 0.331 e. The number of carbonyl (C=O) groups is 2. The molecule has 2 N–H and O–H groups in total. The first-order chi connectivity index (χ1) is 24.2. The summed E-state index contributed by atoms with van der Waals surface area (Å²) in [6.07, 6.45) is 9.59. The number of esters is 2. The van der Waals surface area contributed by atoms with Gasteiger partial charge in [-0.2, -0.15) is 0 Å². The molecule has 4 heterocycles. The van der Waals surface area contributed by atoms with Gasteiger partial charge < -0.3 is 28.6 Å². The van der Waals surface area contributed by atoms with E-state index >= 15 is 0 Å². The minimum Gasteiger partial charge on any atom is -0.453 e. The van der Waals surface area contributed by atoms with Gasteiger partial charge in [0.15, 0.2) is 0 Å². The van der Waals surface area contributed by atoms with E-state index in [4.69, 9.17) is 9.47 Å². The molecule has 2 aliphatic carbocycles. The van der Waals surface area contributed by atoms with Crippen molar-refractivity contribution in [3.05, 3.63) is 119 Å². The Morgan fingerprint density at radius 1 is 0.720 bits per heavy atom. The van der Waals surface area contributed by atoms with Crippen molar-refractivity contribution < 1.29 is 19.1 Å². The summed E-state index contributed by atoms with van der Waals surface area (Å²) in [7, 11) is 4.05. The Bertz CT molecular complexity index is 2110. The molecule has 0 amide bonds. The first-order valence-electron chi connectivity index (χ1n) is 17.4. The number of ether oxygens (including phenoxy) is 2. The summed E-state index contributed by atoms with van der Waals surface area (Å²) < 4.78 is 16.6. The van der Waals surface area contributed by atoms with Crippen LogP contribution in [0.2, 0.25) is 0 Å². The van der Waals surface area contributed by atoms with Gasteiger partial charge in [-0.15, -0.1) is 0 Å². The molecule has 0 radical (unpaired) electrons. The lowest BCUT2D eigenvalue weighted by Crippen LogP contribution is -2.26. The third kappa shape index (κ3) is 5.72. The number of aromatic amines is 2. The third-order valence-corrected chi connectivity index (χ3v) is 10.9. The highest BCUT2D eigenvalue weighted by Crippen LogP contribution is 2.43. The van der Waals surface area contributed by atoms with Crippen LogP contribution < -0.4 is 0 Å². The molecule has 10 nitrogen and oxygen atoms in total. The van der Waals surface area contributed by atoms with E-state index in [1.807, 2.05) is 52.2 Å². The molecule has 0 saturated carbocycles. The zero-order valence-corrected chi connectivity index (χ0v) is 28.9. The number of carbonyl (C=O) groups excluding carboxylic acids is 2. The number of nitrogens with one attached hydrogen (secondary N) is 2. The summed E-state index contributed by atoms with van der Waals surface area (Å²) in [5.74, 6) is -0.663. The van der Waals surface area contributed by atoms with Crippen molar-refractivity contribution in [1.82, 2.24) is 29.1 Å². The molecule has 0 aliphatic heterocycles. The zero-order chi connectivity index (χ0) is 34.5. The molecule has 8 rings (SSSR count). The number of para-hydroxylation sites is 2. The van der Waals surface area contributed by atoms with E-state index in [0.717, 1.165) is 70.9 Å². The average Bonchev–Trinajstić information content (AvgIpc) is 3.86. The van der Waals surface area contributed by atoms with Crippen LogP contribution in [0.15, 0.2) is 73.3 Å². The van der Waals surface area contributed by atoms with Crippen molar-refractivity contribution in [3.8, 4) is 0 Å². The number of aromatic nitrogens is 6. The number of aryl methyl sites for hydroxylation is 4. The Kier molecular flexibility index (Phi) is 8.17. The Morgan fingerprint density at radius 3 is 1.54 bits per heavy atom. The molecule has 4 aromatic heterocycles. The quantitative estimate of drug-likeness (QED) is 0.136. The van der Waals surface area contributed by atoms with Crippen LogP contribution in [0.1, 0.15) is 70.3 Å². The van der Waals surface area contributed by atoms with Crippen molar-refractivity contribution in [2.75, 3.05) is 0 Å². The van der Waals surface area contributed by atoms with E-state index in [9.17, 15) is 9.59 Å². The predicted octanol–water partition coefficient (Wildman–Crippen LogP) is 6.77. The number of imidazole rings is 2. The van der Waals surface area contributed by atoms with E-state index in [0.29, 0.717) is 12.8 Å². The van der Waals surface area contributed by atoms with E-state index in [2.05, 4.69) is 53.3 Å². The molecule has 4 unspecified atom stereocenters. The van der Waals surface area contributed by atoms with Gasteiger partial charge >= 0.3 is 11.9 Å². The third-order valence-electron chi connectivity index (χ3n) is 10.9. The molecule has 0 bridgehead atoms. The van der Waals surface area contributed by atoms with Gasteiger partial charge in [0, 0.05) is 59.4 Å². The number of benzene rings is 2. The number of hydrogen-bond donors (Lipinski definition) is 2. The van der Waals surface area contributed by atoms with E-state index in [1.165, 1.54) is 34.1 Å². The lowest BCUT2D eigenvalue weighted by atomic mass is 9.81. The summed E-state index contributed by atoms with van der Waals surface area (Å²) in [6.45, 7) is 4.06. The van der Waals surface area contributed by atoms with Gasteiger partial charge in [0.2, 0.25) is 0 Å². The molecule has 6 aromatic rings. The van der Waals surface area contributed by atoms with Gasteiger partial charge in [-0.25, -0.2) is 19.6 Å².